The van der Waals surface area contributed by atoms with Crippen LogP contribution in [0.15, 0.2) is 59.8 Å². The number of hydrogen-bond acceptors (Lipinski definition) is 6. The molecular weight excluding hydrogens is 454 g/mol. The van der Waals surface area contributed by atoms with Crippen LogP contribution in [0.25, 0.3) is 0 Å². The molecule has 158 valence electrons. The highest BCUT2D eigenvalue weighted by Crippen LogP contribution is 2.19. The summed E-state index contributed by atoms with van der Waals surface area (Å²) in [6.45, 7) is 0.0924. The predicted octanol–water partition coefficient (Wildman–Crippen LogP) is 3.14. The second-order valence-electron chi connectivity index (χ2n) is 6.81. The first kappa shape index (κ1) is 21.6. The third kappa shape index (κ3) is 5.96. The van der Waals surface area contributed by atoms with Gasteiger partial charge in [-0.1, -0.05) is 47.6 Å². The van der Waals surface area contributed by atoms with Gasteiger partial charge < -0.3 is 24.9 Å². The van der Waals surface area contributed by atoms with Crippen molar-refractivity contribution in [3.8, 4) is 5.75 Å². The van der Waals surface area contributed by atoms with Crippen LogP contribution >= 0.6 is 15.9 Å². The second-order valence-corrected chi connectivity index (χ2v) is 7.73. The molecule has 0 spiro atoms. The highest BCUT2D eigenvalue weighted by atomic mass is 79.9. The molecule has 2 N–H and O–H groups in total. The number of rotatable bonds is 7. The molecule has 0 aliphatic carbocycles. The van der Waals surface area contributed by atoms with Gasteiger partial charge in [-0.25, -0.2) is 4.79 Å². The smallest absolute Gasteiger partial charge is 0.408 e. The van der Waals surface area contributed by atoms with E-state index in [9.17, 15) is 14.7 Å². The highest BCUT2D eigenvalue weighted by molar-refractivity contribution is 9.18. The van der Waals surface area contributed by atoms with Crippen molar-refractivity contribution in [1.82, 2.24) is 10.2 Å². The average Bonchev–Trinajstić information content (AvgIpc) is 3.19. The second kappa shape index (κ2) is 10.1. The molecule has 8 nitrogen and oxygen atoms in total. The number of phenols is 1. The Morgan fingerprint density at radius 3 is 2.57 bits per heavy atom. The van der Waals surface area contributed by atoms with Crippen molar-refractivity contribution in [2.24, 2.45) is 5.16 Å². The van der Waals surface area contributed by atoms with Crippen LogP contribution in [-0.4, -0.2) is 45.9 Å². The van der Waals surface area contributed by atoms with E-state index in [0.717, 1.165) is 11.1 Å². The number of alkyl carbamates (subject to hydrolysis) is 1. The van der Waals surface area contributed by atoms with Crippen LogP contribution in [0.1, 0.15) is 17.5 Å². The summed E-state index contributed by atoms with van der Waals surface area (Å²) in [5, 5.41) is 15.9. The molecule has 30 heavy (non-hydrogen) atoms. The van der Waals surface area contributed by atoms with Gasteiger partial charge in [0.2, 0.25) is 12.1 Å². The minimum Gasteiger partial charge on any atom is -0.508 e. The number of ether oxygens (including phenoxy) is 1. The quantitative estimate of drug-likeness (QED) is 0.640. The Labute approximate surface area is 182 Å². The molecule has 2 aromatic rings. The SMILES string of the molecule is CN(C(=O)C(Cc1ccc(O)cc1)NC(=O)OCc1ccccc1)[C@@H]1CC(Br)=NO1. The van der Waals surface area contributed by atoms with Gasteiger partial charge in [-0.3, -0.25) is 4.79 Å². The Morgan fingerprint density at radius 2 is 1.93 bits per heavy atom. The molecule has 0 aromatic heterocycles. The normalized spacial score (nSPS) is 16.2. The minimum atomic E-state index is -0.884. The van der Waals surface area contributed by atoms with E-state index in [1.54, 1.807) is 19.2 Å². The van der Waals surface area contributed by atoms with Gasteiger partial charge in [-0.05, 0) is 39.2 Å². The molecule has 1 heterocycles. The molecule has 2 aromatic carbocycles. The summed E-state index contributed by atoms with van der Waals surface area (Å²) in [5.41, 5.74) is 1.61. The molecular formula is C21H22BrN3O5. The van der Waals surface area contributed by atoms with Gasteiger partial charge in [0, 0.05) is 13.5 Å². The summed E-state index contributed by atoms with van der Waals surface area (Å²) in [6.07, 6.45) is -0.615. The van der Waals surface area contributed by atoms with Crippen LogP contribution in [0.5, 0.6) is 5.75 Å². The van der Waals surface area contributed by atoms with Crippen LogP contribution in [0.4, 0.5) is 4.79 Å². The van der Waals surface area contributed by atoms with Gasteiger partial charge in [0.25, 0.3) is 0 Å². The summed E-state index contributed by atoms with van der Waals surface area (Å²) in [7, 11) is 1.59. The summed E-state index contributed by atoms with van der Waals surface area (Å²) >= 11 is 3.25. The monoisotopic (exact) mass is 475 g/mol. The zero-order valence-electron chi connectivity index (χ0n) is 16.3. The van der Waals surface area contributed by atoms with Gasteiger partial charge in [-0.2, -0.15) is 0 Å². The lowest BCUT2D eigenvalue weighted by Gasteiger charge is -2.27. The van der Waals surface area contributed by atoms with E-state index in [-0.39, 0.29) is 24.7 Å². The van der Waals surface area contributed by atoms with Gasteiger partial charge in [-0.15, -0.1) is 0 Å². The number of amides is 2. The van der Waals surface area contributed by atoms with Crippen molar-refractivity contribution in [3.63, 3.8) is 0 Å². The molecule has 0 saturated carbocycles. The molecule has 2 amide bonds. The summed E-state index contributed by atoms with van der Waals surface area (Å²) in [4.78, 5) is 32.1. The van der Waals surface area contributed by atoms with Crippen molar-refractivity contribution in [3.05, 3.63) is 65.7 Å². The van der Waals surface area contributed by atoms with Gasteiger partial charge in [0.15, 0.2) is 0 Å². The van der Waals surface area contributed by atoms with Gasteiger partial charge in [0.1, 0.15) is 23.0 Å². The van der Waals surface area contributed by atoms with E-state index in [1.165, 1.54) is 17.0 Å². The van der Waals surface area contributed by atoms with E-state index in [1.807, 2.05) is 30.3 Å². The fourth-order valence-corrected chi connectivity index (χ4v) is 3.27. The number of aromatic hydroxyl groups is 1. The highest BCUT2D eigenvalue weighted by Gasteiger charge is 2.32. The van der Waals surface area contributed by atoms with Crippen LogP contribution in [0.3, 0.4) is 0 Å². The maximum atomic E-state index is 13.1. The van der Waals surface area contributed by atoms with Crippen LogP contribution in [-0.2, 0) is 27.4 Å². The van der Waals surface area contributed by atoms with E-state index in [0.29, 0.717) is 11.0 Å². The number of hydrogen-bond donors (Lipinski definition) is 2. The number of nitrogens with zero attached hydrogens (tertiary/aromatic N) is 2. The molecule has 1 unspecified atom stereocenters. The third-order valence-electron chi connectivity index (χ3n) is 4.58. The van der Waals surface area contributed by atoms with Crippen molar-refractivity contribution >= 4 is 32.6 Å². The van der Waals surface area contributed by atoms with E-state index in [2.05, 4.69) is 26.4 Å². The van der Waals surface area contributed by atoms with E-state index in [4.69, 9.17) is 9.57 Å². The Balaban J connectivity index is 1.67. The molecule has 0 saturated heterocycles. The third-order valence-corrected chi connectivity index (χ3v) is 5.04. The fourth-order valence-electron chi connectivity index (χ4n) is 2.91. The number of halogens is 1. The topological polar surface area (TPSA) is 100 Å². The Hall–Kier alpha value is -3.07. The van der Waals surface area contributed by atoms with Gasteiger partial charge >= 0.3 is 6.09 Å². The number of oxime groups is 1. The van der Waals surface area contributed by atoms with Crippen LogP contribution in [0.2, 0.25) is 0 Å². The molecule has 2 atom stereocenters. The van der Waals surface area contributed by atoms with Gasteiger partial charge in [0.05, 0.1) is 6.42 Å². The van der Waals surface area contributed by atoms with Crippen molar-refractivity contribution in [1.29, 1.82) is 0 Å². The lowest BCUT2D eigenvalue weighted by atomic mass is 10.0. The van der Waals surface area contributed by atoms with Crippen molar-refractivity contribution in [2.45, 2.75) is 31.7 Å². The van der Waals surface area contributed by atoms with E-state index >= 15 is 0 Å². The Morgan fingerprint density at radius 1 is 1.23 bits per heavy atom. The largest absolute Gasteiger partial charge is 0.508 e. The summed E-state index contributed by atoms with van der Waals surface area (Å²) < 4.78 is 5.87. The lowest BCUT2D eigenvalue weighted by molar-refractivity contribution is -0.143. The minimum absolute atomic E-state index is 0.0924. The maximum Gasteiger partial charge on any atom is 0.408 e. The molecule has 3 rings (SSSR count). The summed E-state index contributed by atoms with van der Waals surface area (Å²) in [5.74, 6) is -0.225. The fraction of sp³-hybridized carbons (Fsp3) is 0.286. The number of nitrogens with one attached hydrogen (secondary N) is 1. The Bertz CT molecular complexity index is 905. The number of carbonyl (C=O) groups is 2. The Kier molecular flexibility index (Phi) is 7.29. The first-order valence-electron chi connectivity index (χ1n) is 9.32. The zero-order chi connectivity index (χ0) is 21.5. The molecule has 0 bridgehead atoms. The molecule has 1 aliphatic heterocycles. The molecule has 0 radical (unpaired) electrons. The van der Waals surface area contributed by atoms with Crippen LogP contribution < -0.4 is 5.32 Å². The molecule has 0 fully saturated rings. The maximum absolute atomic E-state index is 13.1. The van der Waals surface area contributed by atoms with Crippen molar-refractivity contribution < 1.29 is 24.3 Å². The molecule has 1 aliphatic rings. The number of benzene rings is 2. The van der Waals surface area contributed by atoms with Crippen LogP contribution in [0, 0.1) is 0 Å². The first-order chi connectivity index (χ1) is 14.4. The lowest BCUT2D eigenvalue weighted by Crippen LogP contribution is -2.51. The standard InChI is InChI=1S/C21H22BrN3O5/c1-25(19-12-18(22)24-30-19)20(27)17(11-14-7-9-16(26)10-8-14)23-21(28)29-13-15-5-3-2-4-6-15/h2-10,17,19,26H,11-13H2,1H3,(H,23,28)/t17?,19-/m0/s1. The van der Waals surface area contributed by atoms with Crippen molar-refractivity contribution in [2.75, 3.05) is 7.05 Å². The zero-order valence-corrected chi connectivity index (χ0v) is 17.9. The number of likely N-dealkylation sites (N-methyl/N-ethyl adjacent to an activating group) is 1. The number of carbonyl (C=O) groups excluding carboxylic acids is 2. The first-order valence-corrected chi connectivity index (χ1v) is 10.1. The summed E-state index contributed by atoms with van der Waals surface area (Å²) in [6, 6.07) is 14.8. The predicted molar refractivity (Wildman–Crippen MR) is 114 cm³/mol. The number of phenolic OH excluding ortho intramolecular Hbond substituents is 1. The average molecular weight is 476 g/mol. The molecule has 9 heteroatoms. The van der Waals surface area contributed by atoms with E-state index < -0.39 is 18.4 Å².